The standard InChI is InChI=1S/C14H22N2/c1-2-4-13(15)9-8-12-7-6-11-5-3-10-16-14(11)12/h3,5,10,12-13H,2,4,6-9,15H2,1H3. The summed E-state index contributed by atoms with van der Waals surface area (Å²) < 4.78 is 0. The molecule has 0 saturated heterocycles. The lowest BCUT2D eigenvalue weighted by Crippen LogP contribution is -2.20. The second kappa shape index (κ2) is 5.44. The van der Waals surface area contributed by atoms with Crippen LogP contribution in [0.5, 0.6) is 0 Å². The van der Waals surface area contributed by atoms with Crippen molar-refractivity contribution in [3.63, 3.8) is 0 Å². The highest BCUT2D eigenvalue weighted by molar-refractivity contribution is 5.28. The first-order valence-electron chi connectivity index (χ1n) is 6.50. The topological polar surface area (TPSA) is 38.9 Å². The normalized spacial score (nSPS) is 20.8. The summed E-state index contributed by atoms with van der Waals surface area (Å²) in [5, 5.41) is 0. The number of hydrogen-bond donors (Lipinski definition) is 1. The van der Waals surface area contributed by atoms with E-state index in [1.807, 2.05) is 12.3 Å². The van der Waals surface area contributed by atoms with Crippen molar-refractivity contribution >= 4 is 0 Å². The highest BCUT2D eigenvalue weighted by Crippen LogP contribution is 2.34. The minimum absolute atomic E-state index is 0.387. The minimum Gasteiger partial charge on any atom is -0.328 e. The number of hydrogen-bond acceptors (Lipinski definition) is 2. The number of nitrogens with two attached hydrogens (primary N) is 1. The lowest BCUT2D eigenvalue weighted by atomic mass is 9.96. The molecule has 16 heavy (non-hydrogen) atoms. The summed E-state index contributed by atoms with van der Waals surface area (Å²) in [5.74, 6) is 0.666. The SMILES string of the molecule is CCCC(N)CCC1CCc2cccnc21. The van der Waals surface area contributed by atoms with Gasteiger partial charge in [0.25, 0.3) is 0 Å². The number of pyridine rings is 1. The minimum atomic E-state index is 0.387. The first kappa shape index (κ1) is 11.6. The molecule has 1 aliphatic carbocycles. The second-order valence-electron chi connectivity index (χ2n) is 4.91. The predicted molar refractivity (Wildman–Crippen MR) is 67.4 cm³/mol. The molecule has 0 bridgehead atoms. The van der Waals surface area contributed by atoms with Crippen LogP contribution < -0.4 is 5.73 Å². The molecule has 2 atom stereocenters. The van der Waals surface area contributed by atoms with Gasteiger partial charge in [-0.25, -0.2) is 0 Å². The van der Waals surface area contributed by atoms with E-state index in [9.17, 15) is 0 Å². The fraction of sp³-hybridized carbons (Fsp3) is 0.643. The molecule has 1 heterocycles. The van der Waals surface area contributed by atoms with Crippen LogP contribution in [0.4, 0.5) is 0 Å². The van der Waals surface area contributed by atoms with Gasteiger partial charge >= 0.3 is 0 Å². The Morgan fingerprint density at radius 2 is 2.38 bits per heavy atom. The van der Waals surface area contributed by atoms with Crippen LogP contribution in [0.15, 0.2) is 18.3 Å². The van der Waals surface area contributed by atoms with Gasteiger partial charge in [0, 0.05) is 23.9 Å². The van der Waals surface area contributed by atoms with Crippen molar-refractivity contribution in [1.29, 1.82) is 0 Å². The molecule has 0 amide bonds. The van der Waals surface area contributed by atoms with Crippen molar-refractivity contribution in [2.75, 3.05) is 0 Å². The van der Waals surface area contributed by atoms with Crippen molar-refractivity contribution in [1.82, 2.24) is 4.98 Å². The summed E-state index contributed by atoms with van der Waals surface area (Å²) in [4.78, 5) is 4.52. The maximum Gasteiger partial charge on any atom is 0.0466 e. The molecular weight excluding hydrogens is 196 g/mol. The van der Waals surface area contributed by atoms with E-state index >= 15 is 0 Å². The van der Waals surface area contributed by atoms with Gasteiger partial charge < -0.3 is 5.73 Å². The van der Waals surface area contributed by atoms with Gasteiger partial charge in [-0.05, 0) is 43.7 Å². The van der Waals surface area contributed by atoms with Crippen molar-refractivity contribution in [3.05, 3.63) is 29.6 Å². The quantitative estimate of drug-likeness (QED) is 0.825. The molecule has 2 unspecified atom stereocenters. The average molecular weight is 218 g/mol. The Hall–Kier alpha value is -0.890. The molecule has 0 radical (unpaired) electrons. The van der Waals surface area contributed by atoms with Gasteiger partial charge in [0.2, 0.25) is 0 Å². The van der Waals surface area contributed by atoms with Crippen molar-refractivity contribution in [2.45, 2.75) is 57.4 Å². The van der Waals surface area contributed by atoms with Gasteiger partial charge in [0.1, 0.15) is 0 Å². The summed E-state index contributed by atoms with van der Waals surface area (Å²) in [7, 11) is 0. The van der Waals surface area contributed by atoms with Crippen LogP contribution in [0.2, 0.25) is 0 Å². The van der Waals surface area contributed by atoms with E-state index in [1.54, 1.807) is 0 Å². The first-order chi connectivity index (χ1) is 7.81. The molecule has 2 rings (SSSR count). The Bertz CT molecular complexity index is 335. The van der Waals surface area contributed by atoms with E-state index < -0.39 is 0 Å². The van der Waals surface area contributed by atoms with Crippen LogP contribution in [0.1, 0.15) is 56.2 Å². The molecule has 0 aromatic carbocycles. The molecule has 2 nitrogen and oxygen atoms in total. The molecule has 88 valence electrons. The second-order valence-corrected chi connectivity index (χ2v) is 4.91. The Morgan fingerprint density at radius 1 is 1.50 bits per heavy atom. The number of rotatable bonds is 5. The Morgan fingerprint density at radius 3 is 3.19 bits per heavy atom. The fourth-order valence-electron chi connectivity index (χ4n) is 2.71. The van der Waals surface area contributed by atoms with Gasteiger partial charge in [-0.1, -0.05) is 19.4 Å². The number of aryl methyl sites for hydroxylation is 1. The third kappa shape index (κ3) is 2.62. The number of nitrogens with zero attached hydrogens (tertiary/aromatic N) is 1. The fourth-order valence-corrected chi connectivity index (χ4v) is 2.71. The van der Waals surface area contributed by atoms with E-state index in [-0.39, 0.29) is 0 Å². The summed E-state index contributed by atoms with van der Waals surface area (Å²) in [5.41, 5.74) is 8.86. The van der Waals surface area contributed by atoms with Crippen LogP contribution in [0.25, 0.3) is 0 Å². The monoisotopic (exact) mass is 218 g/mol. The maximum atomic E-state index is 6.06. The van der Waals surface area contributed by atoms with Gasteiger partial charge in [0.15, 0.2) is 0 Å². The lowest BCUT2D eigenvalue weighted by Gasteiger charge is -2.14. The van der Waals surface area contributed by atoms with Crippen molar-refractivity contribution in [3.8, 4) is 0 Å². The number of fused-ring (bicyclic) bond motifs is 1. The van der Waals surface area contributed by atoms with E-state index in [0.717, 1.165) is 12.8 Å². The molecule has 2 heteroatoms. The first-order valence-corrected chi connectivity index (χ1v) is 6.50. The van der Waals surface area contributed by atoms with Crippen molar-refractivity contribution in [2.24, 2.45) is 5.73 Å². The van der Waals surface area contributed by atoms with Gasteiger partial charge in [0.05, 0.1) is 0 Å². The summed E-state index contributed by atoms with van der Waals surface area (Å²) in [6.07, 6.45) is 9.10. The van der Waals surface area contributed by atoms with E-state index in [4.69, 9.17) is 5.73 Å². The zero-order valence-electron chi connectivity index (χ0n) is 10.2. The molecule has 0 fully saturated rings. The molecule has 1 aromatic heterocycles. The third-order valence-electron chi connectivity index (χ3n) is 3.62. The van der Waals surface area contributed by atoms with Gasteiger partial charge in [-0.2, -0.15) is 0 Å². The van der Waals surface area contributed by atoms with Gasteiger partial charge in [-0.15, -0.1) is 0 Å². The van der Waals surface area contributed by atoms with Crippen LogP contribution in [-0.4, -0.2) is 11.0 Å². The third-order valence-corrected chi connectivity index (χ3v) is 3.62. The molecule has 0 saturated carbocycles. The summed E-state index contributed by atoms with van der Waals surface area (Å²) in [6, 6.07) is 4.65. The van der Waals surface area contributed by atoms with Crippen molar-refractivity contribution < 1.29 is 0 Å². The molecule has 1 aromatic rings. The predicted octanol–water partition coefficient (Wildman–Crippen LogP) is 3.02. The van der Waals surface area contributed by atoms with E-state index in [2.05, 4.69) is 18.0 Å². The average Bonchev–Trinajstić information content (AvgIpc) is 2.70. The van der Waals surface area contributed by atoms with Crippen LogP contribution in [0.3, 0.4) is 0 Å². The number of aromatic nitrogens is 1. The Balaban J connectivity index is 1.88. The zero-order valence-corrected chi connectivity index (χ0v) is 10.2. The summed E-state index contributed by atoms with van der Waals surface area (Å²) in [6.45, 7) is 2.20. The molecular formula is C14H22N2. The zero-order chi connectivity index (χ0) is 11.4. The molecule has 0 aliphatic heterocycles. The Kier molecular flexibility index (Phi) is 3.94. The summed E-state index contributed by atoms with van der Waals surface area (Å²) >= 11 is 0. The van der Waals surface area contributed by atoms with E-state index in [1.165, 1.54) is 36.9 Å². The van der Waals surface area contributed by atoms with Gasteiger partial charge in [-0.3, -0.25) is 4.98 Å². The van der Waals surface area contributed by atoms with Crippen LogP contribution in [0, 0.1) is 0 Å². The largest absolute Gasteiger partial charge is 0.328 e. The highest BCUT2D eigenvalue weighted by Gasteiger charge is 2.23. The maximum absolute atomic E-state index is 6.06. The van der Waals surface area contributed by atoms with E-state index in [0.29, 0.717) is 12.0 Å². The smallest absolute Gasteiger partial charge is 0.0466 e. The molecule has 1 aliphatic rings. The van der Waals surface area contributed by atoms with Crippen LogP contribution >= 0.6 is 0 Å². The molecule has 0 spiro atoms. The van der Waals surface area contributed by atoms with Crippen LogP contribution in [-0.2, 0) is 6.42 Å². The Labute approximate surface area is 98.3 Å². The highest BCUT2D eigenvalue weighted by atomic mass is 14.7. The lowest BCUT2D eigenvalue weighted by molar-refractivity contribution is 0.490. The molecule has 2 N–H and O–H groups in total.